The monoisotopic (exact) mass is 197 g/mol. The molecule has 0 aliphatic rings. The summed E-state index contributed by atoms with van der Waals surface area (Å²) in [4.78, 5) is 10.7. The van der Waals surface area contributed by atoms with Gasteiger partial charge in [-0.15, -0.1) is 0 Å². The minimum Gasteiger partial charge on any atom is -0.508 e. The molecule has 3 N–H and O–H groups in total. The second-order valence-corrected chi connectivity index (χ2v) is 2.63. The molecule has 0 aliphatic carbocycles. The molecule has 0 spiro atoms. The maximum Gasteiger partial charge on any atom is 0.343 e. The average molecular weight is 197 g/mol. The second-order valence-electron chi connectivity index (χ2n) is 2.63. The van der Waals surface area contributed by atoms with E-state index >= 15 is 0 Å². The lowest BCUT2D eigenvalue weighted by Gasteiger charge is -2.05. The molecule has 0 saturated carbocycles. The van der Waals surface area contributed by atoms with Crippen LogP contribution in [0.1, 0.15) is 0 Å². The van der Waals surface area contributed by atoms with Crippen LogP contribution in [0.4, 0.5) is 5.69 Å². The van der Waals surface area contributed by atoms with E-state index < -0.39 is 5.97 Å². The van der Waals surface area contributed by atoms with E-state index in [1.165, 1.54) is 25.3 Å². The number of esters is 1. The summed E-state index contributed by atoms with van der Waals surface area (Å²) in [5.41, 5.74) is 5.81. The number of methoxy groups -OCH3 is 1. The van der Waals surface area contributed by atoms with Crippen molar-refractivity contribution in [3.05, 3.63) is 18.2 Å². The largest absolute Gasteiger partial charge is 0.508 e. The molecular formula is C9H11NO4. The highest BCUT2D eigenvalue weighted by Crippen LogP contribution is 2.22. The first-order valence-electron chi connectivity index (χ1n) is 3.91. The van der Waals surface area contributed by atoms with Gasteiger partial charge in [0.05, 0.1) is 7.11 Å². The molecule has 0 fully saturated rings. The summed E-state index contributed by atoms with van der Waals surface area (Å²) in [6.07, 6.45) is 0. The van der Waals surface area contributed by atoms with Crippen LogP contribution in [0.2, 0.25) is 0 Å². The smallest absolute Gasteiger partial charge is 0.343 e. The third-order valence-electron chi connectivity index (χ3n) is 1.50. The molecule has 0 amide bonds. The number of aromatic hydroxyl groups is 1. The molecule has 1 aromatic rings. The number of nitrogens with two attached hydrogens (primary N) is 1. The van der Waals surface area contributed by atoms with Gasteiger partial charge in [-0.2, -0.15) is 0 Å². The van der Waals surface area contributed by atoms with Gasteiger partial charge in [0.25, 0.3) is 0 Å². The maximum atomic E-state index is 10.7. The fraction of sp³-hybridized carbons (Fsp3) is 0.222. The molecule has 5 heteroatoms. The van der Waals surface area contributed by atoms with Crippen molar-refractivity contribution in [1.29, 1.82) is 0 Å². The van der Waals surface area contributed by atoms with E-state index in [1.54, 1.807) is 0 Å². The summed E-state index contributed by atoms with van der Waals surface area (Å²) in [6.45, 7) is -0.209. The Balaban J connectivity index is 2.63. The van der Waals surface area contributed by atoms with E-state index in [2.05, 4.69) is 4.74 Å². The van der Waals surface area contributed by atoms with Gasteiger partial charge in [0.1, 0.15) is 11.5 Å². The summed E-state index contributed by atoms with van der Waals surface area (Å²) in [5, 5.41) is 9.14. The van der Waals surface area contributed by atoms with Gasteiger partial charge in [-0.05, 0) is 0 Å². The van der Waals surface area contributed by atoms with E-state index in [-0.39, 0.29) is 12.4 Å². The molecule has 0 radical (unpaired) electrons. The van der Waals surface area contributed by atoms with Crippen LogP contribution >= 0.6 is 0 Å². The minimum absolute atomic E-state index is 0.00938. The first-order valence-corrected chi connectivity index (χ1v) is 3.91. The van der Waals surface area contributed by atoms with Crippen LogP contribution in [0.5, 0.6) is 11.5 Å². The predicted octanol–water partition coefficient (Wildman–Crippen LogP) is 0.526. The van der Waals surface area contributed by atoms with Gasteiger partial charge in [0, 0.05) is 23.9 Å². The summed E-state index contributed by atoms with van der Waals surface area (Å²) in [5.74, 6) is -0.176. The van der Waals surface area contributed by atoms with Crippen molar-refractivity contribution in [3.8, 4) is 11.5 Å². The number of carbonyl (C=O) groups excluding carboxylic acids is 1. The Labute approximate surface area is 81.0 Å². The van der Waals surface area contributed by atoms with Crippen LogP contribution in [0.15, 0.2) is 18.2 Å². The molecule has 0 aromatic heterocycles. The van der Waals surface area contributed by atoms with Crippen LogP contribution in [0, 0.1) is 0 Å². The lowest BCUT2D eigenvalue weighted by Crippen LogP contribution is -2.12. The number of nitrogen functional groups attached to an aromatic ring is 1. The van der Waals surface area contributed by atoms with Crippen LogP contribution in [0.3, 0.4) is 0 Å². The predicted molar refractivity (Wildman–Crippen MR) is 50.0 cm³/mol. The Morgan fingerprint density at radius 2 is 2.21 bits per heavy atom. The van der Waals surface area contributed by atoms with Gasteiger partial charge in [-0.3, -0.25) is 0 Å². The highest BCUT2D eigenvalue weighted by Gasteiger charge is 2.03. The molecule has 1 aromatic carbocycles. The van der Waals surface area contributed by atoms with Crippen molar-refractivity contribution in [3.63, 3.8) is 0 Å². The number of anilines is 1. The molecule has 76 valence electrons. The molecule has 14 heavy (non-hydrogen) atoms. The van der Waals surface area contributed by atoms with E-state index in [9.17, 15) is 4.79 Å². The normalized spacial score (nSPS) is 9.50. The average Bonchev–Trinajstić information content (AvgIpc) is 2.12. The minimum atomic E-state index is -0.494. The van der Waals surface area contributed by atoms with Crippen LogP contribution < -0.4 is 10.5 Å². The van der Waals surface area contributed by atoms with Crippen LogP contribution in [-0.4, -0.2) is 24.8 Å². The molecule has 1 rings (SSSR count). The molecule has 0 aliphatic heterocycles. The second kappa shape index (κ2) is 4.36. The fourth-order valence-corrected chi connectivity index (χ4v) is 0.890. The van der Waals surface area contributed by atoms with Crippen molar-refractivity contribution in [2.45, 2.75) is 0 Å². The number of hydrogen-bond acceptors (Lipinski definition) is 5. The Kier molecular flexibility index (Phi) is 3.17. The lowest BCUT2D eigenvalue weighted by molar-refractivity contribution is -0.142. The van der Waals surface area contributed by atoms with E-state index in [0.717, 1.165) is 0 Å². The maximum absolute atomic E-state index is 10.7. The van der Waals surface area contributed by atoms with Crippen molar-refractivity contribution in [1.82, 2.24) is 0 Å². The quantitative estimate of drug-likeness (QED) is 0.545. The Hall–Kier alpha value is -1.91. The summed E-state index contributed by atoms with van der Waals surface area (Å²) in [6, 6.07) is 4.24. The number of rotatable bonds is 3. The number of carbonyl (C=O) groups is 1. The molecule has 5 nitrogen and oxygen atoms in total. The van der Waals surface area contributed by atoms with Gasteiger partial charge in [0.2, 0.25) is 0 Å². The first-order chi connectivity index (χ1) is 6.61. The number of benzene rings is 1. The van der Waals surface area contributed by atoms with Gasteiger partial charge < -0.3 is 20.3 Å². The molecule has 0 saturated heterocycles. The van der Waals surface area contributed by atoms with Crippen LogP contribution in [0.25, 0.3) is 0 Å². The van der Waals surface area contributed by atoms with E-state index in [4.69, 9.17) is 15.6 Å². The summed E-state index contributed by atoms with van der Waals surface area (Å²) < 4.78 is 9.38. The highest BCUT2D eigenvalue weighted by molar-refractivity contribution is 5.71. The van der Waals surface area contributed by atoms with Crippen molar-refractivity contribution in [2.75, 3.05) is 19.5 Å². The SMILES string of the molecule is COC(=O)COc1cc(N)cc(O)c1. The Bertz CT molecular complexity index is 317. The first kappa shape index (κ1) is 10.2. The summed E-state index contributed by atoms with van der Waals surface area (Å²) >= 11 is 0. The lowest BCUT2D eigenvalue weighted by atomic mass is 10.3. The third kappa shape index (κ3) is 2.85. The van der Waals surface area contributed by atoms with Crippen molar-refractivity contribution < 1.29 is 19.4 Å². The number of ether oxygens (including phenoxy) is 2. The van der Waals surface area contributed by atoms with Crippen molar-refractivity contribution in [2.24, 2.45) is 0 Å². The zero-order valence-electron chi connectivity index (χ0n) is 7.69. The third-order valence-corrected chi connectivity index (χ3v) is 1.50. The van der Waals surface area contributed by atoms with Gasteiger partial charge in [-0.25, -0.2) is 4.79 Å². The topological polar surface area (TPSA) is 81.8 Å². The number of phenolic OH excluding ortho intramolecular Hbond substituents is 1. The fourth-order valence-electron chi connectivity index (χ4n) is 0.890. The zero-order valence-corrected chi connectivity index (χ0v) is 7.69. The molecular weight excluding hydrogens is 186 g/mol. The number of hydrogen-bond donors (Lipinski definition) is 2. The van der Waals surface area contributed by atoms with Crippen molar-refractivity contribution >= 4 is 11.7 Å². The van der Waals surface area contributed by atoms with Gasteiger partial charge in [-0.1, -0.05) is 0 Å². The Morgan fingerprint density at radius 3 is 2.79 bits per heavy atom. The standard InChI is InChI=1S/C9H11NO4/c1-13-9(12)5-14-8-3-6(10)2-7(11)4-8/h2-4,11H,5,10H2,1H3. The van der Waals surface area contributed by atoms with Gasteiger partial charge in [0.15, 0.2) is 6.61 Å². The zero-order chi connectivity index (χ0) is 10.6. The van der Waals surface area contributed by atoms with E-state index in [1.807, 2.05) is 0 Å². The van der Waals surface area contributed by atoms with E-state index in [0.29, 0.717) is 11.4 Å². The number of phenols is 1. The molecule has 0 atom stereocenters. The molecule has 0 unspecified atom stereocenters. The Morgan fingerprint density at radius 1 is 1.50 bits per heavy atom. The molecule has 0 heterocycles. The molecule has 0 bridgehead atoms. The summed E-state index contributed by atoms with van der Waals surface area (Å²) in [7, 11) is 1.27. The van der Waals surface area contributed by atoms with Crippen LogP contribution in [-0.2, 0) is 9.53 Å². The highest BCUT2D eigenvalue weighted by atomic mass is 16.6. The van der Waals surface area contributed by atoms with Gasteiger partial charge >= 0.3 is 5.97 Å².